The van der Waals surface area contributed by atoms with Gasteiger partial charge in [-0.3, -0.25) is 4.68 Å². The van der Waals surface area contributed by atoms with Gasteiger partial charge in [-0.25, -0.2) is 0 Å². The highest BCUT2D eigenvalue weighted by molar-refractivity contribution is 5.31. The molecule has 0 bridgehead atoms. The van der Waals surface area contributed by atoms with Crippen molar-refractivity contribution in [3.8, 4) is 5.75 Å². The Morgan fingerprint density at radius 3 is 2.48 bits per heavy atom. The number of aromatic nitrogens is 2. The van der Waals surface area contributed by atoms with E-state index in [-0.39, 0.29) is 11.6 Å². The Hall–Kier alpha value is -1.07. The number of rotatable bonds is 9. The van der Waals surface area contributed by atoms with Gasteiger partial charge in [-0.1, -0.05) is 20.8 Å². The molecule has 5 nitrogen and oxygen atoms in total. The van der Waals surface area contributed by atoms with Gasteiger partial charge in [0, 0.05) is 12.1 Å². The summed E-state index contributed by atoms with van der Waals surface area (Å²) in [5, 5.41) is 8.17. The number of hydrogen-bond acceptors (Lipinski definition) is 4. The second-order valence-electron chi connectivity index (χ2n) is 5.92. The fraction of sp³-hybridized carbons (Fsp3) is 0.812. The van der Waals surface area contributed by atoms with E-state index in [1.807, 2.05) is 6.20 Å². The van der Waals surface area contributed by atoms with Crippen LogP contribution in [0, 0.1) is 0 Å². The fourth-order valence-corrected chi connectivity index (χ4v) is 2.81. The van der Waals surface area contributed by atoms with E-state index in [2.05, 4.69) is 61.8 Å². The lowest BCUT2D eigenvalue weighted by atomic mass is 9.85. The van der Waals surface area contributed by atoms with Crippen molar-refractivity contribution in [1.29, 1.82) is 0 Å². The zero-order chi connectivity index (χ0) is 16.0. The maximum atomic E-state index is 5.58. The summed E-state index contributed by atoms with van der Waals surface area (Å²) in [6, 6.07) is 0.173. The number of aryl methyl sites for hydroxylation is 1. The van der Waals surface area contributed by atoms with Crippen LogP contribution in [0.15, 0.2) is 6.20 Å². The summed E-state index contributed by atoms with van der Waals surface area (Å²) in [6.45, 7) is 10.7. The average molecular weight is 296 g/mol. The molecule has 5 heteroatoms. The second-order valence-corrected chi connectivity index (χ2v) is 5.92. The lowest BCUT2D eigenvalue weighted by Crippen LogP contribution is -2.52. The van der Waals surface area contributed by atoms with Gasteiger partial charge in [0.25, 0.3) is 0 Å². The smallest absolute Gasteiger partial charge is 0.161 e. The summed E-state index contributed by atoms with van der Waals surface area (Å²) in [7, 11) is 6.00. The van der Waals surface area contributed by atoms with Crippen molar-refractivity contribution in [1.82, 2.24) is 20.0 Å². The molecule has 1 N–H and O–H groups in total. The molecule has 21 heavy (non-hydrogen) atoms. The molecule has 0 saturated carbocycles. The normalized spacial score (nSPS) is 16.0. The Balaban J connectivity index is 3.36. The number of nitrogens with one attached hydrogen (secondary N) is 1. The van der Waals surface area contributed by atoms with E-state index < -0.39 is 0 Å². The predicted octanol–water partition coefficient (Wildman–Crippen LogP) is 2.68. The quantitative estimate of drug-likeness (QED) is 0.761. The van der Waals surface area contributed by atoms with Gasteiger partial charge < -0.3 is 15.0 Å². The first-order valence-electron chi connectivity index (χ1n) is 7.96. The number of hydrogen-bond donors (Lipinski definition) is 1. The molecule has 2 unspecified atom stereocenters. The van der Waals surface area contributed by atoms with Crippen LogP contribution in [0.25, 0.3) is 0 Å². The fourth-order valence-electron chi connectivity index (χ4n) is 2.81. The van der Waals surface area contributed by atoms with Crippen LogP contribution >= 0.6 is 0 Å². The summed E-state index contributed by atoms with van der Waals surface area (Å²) >= 11 is 0. The van der Waals surface area contributed by atoms with Gasteiger partial charge in [0.05, 0.1) is 25.0 Å². The molecule has 1 aromatic heterocycles. The molecule has 0 amide bonds. The van der Waals surface area contributed by atoms with Crippen LogP contribution in [0.4, 0.5) is 0 Å². The molecule has 1 aromatic rings. The molecule has 0 aromatic carbocycles. The second kappa shape index (κ2) is 7.80. The van der Waals surface area contributed by atoms with Crippen LogP contribution in [-0.2, 0) is 6.54 Å². The zero-order valence-electron chi connectivity index (χ0n) is 14.7. The molecule has 1 heterocycles. The summed E-state index contributed by atoms with van der Waals surface area (Å²) < 4.78 is 7.66. The minimum absolute atomic E-state index is 0.00514. The Bertz CT molecular complexity index is 430. The van der Waals surface area contributed by atoms with Crippen LogP contribution in [0.3, 0.4) is 0 Å². The molecular weight excluding hydrogens is 264 g/mol. The number of ether oxygens (including phenoxy) is 1. The minimum atomic E-state index is -0.00514. The van der Waals surface area contributed by atoms with Crippen LogP contribution in [0.2, 0.25) is 0 Å². The molecule has 122 valence electrons. The Morgan fingerprint density at radius 2 is 2.05 bits per heavy atom. The summed E-state index contributed by atoms with van der Waals surface area (Å²) in [4.78, 5) is 2.29. The molecule has 0 radical (unpaired) electrons. The first kappa shape index (κ1) is 18.0. The largest absolute Gasteiger partial charge is 0.493 e. The molecule has 0 saturated heterocycles. The Kier molecular flexibility index (Phi) is 6.68. The number of likely N-dealkylation sites (N-methyl/N-ethyl adjacent to an activating group) is 2. The number of methoxy groups -OCH3 is 1. The average Bonchev–Trinajstić information content (AvgIpc) is 2.86. The zero-order valence-corrected chi connectivity index (χ0v) is 14.7. The molecule has 1 rings (SSSR count). The summed E-state index contributed by atoms with van der Waals surface area (Å²) in [6.07, 6.45) is 3.93. The molecular formula is C16H32N4O. The van der Waals surface area contributed by atoms with E-state index in [0.29, 0.717) is 0 Å². The van der Waals surface area contributed by atoms with Gasteiger partial charge in [0.15, 0.2) is 5.75 Å². The van der Waals surface area contributed by atoms with Gasteiger partial charge in [-0.15, -0.1) is 0 Å². The van der Waals surface area contributed by atoms with Crippen molar-refractivity contribution in [2.45, 2.75) is 58.7 Å². The first-order valence-corrected chi connectivity index (χ1v) is 7.96. The van der Waals surface area contributed by atoms with Crippen LogP contribution in [-0.4, -0.2) is 48.0 Å². The Morgan fingerprint density at radius 1 is 1.38 bits per heavy atom. The van der Waals surface area contributed by atoms with Crippen molar-refractivity contribution < 1.29 is 4.74 Å². The van der Waals surface area contributed by atoms with E-state index in [1.54, 1.807) is 7.11 Å². The predicted molar refractivity (Wildman–Crippen MR) is 87.9 cm³/mol. The van der Waals surface area contributed by atoms with E-state index in [4.69, 9.17) is 4.74 Å². The third-order valence-electron chi connectivity index (χ3n) is 4.54. The van der Waals surface area contributed by atoms with E-state index in [9.17, 15) is 0 Å². The lowest BCUT2D eigenvalue weighted by molar-refractivity contribution is 0.107. The van der Waals surface area contributed by atoms with Gasteiger partial charge in [-0.2, -0.15) is 5.10 Å². The lowest BCUT2D eigenvalue weighted by Gasteiger charge is -2.43. The molecule has 0 aliphatic rings. The molecule has 2 atom stereocenters. The maximum absolute atomic E-state index is 5.58. The standard InChI is InChI=1S/C16H32N4O/c1-8-11-20-14(13(21-7)12-18-20)15(17-10-3)16(4,9-2)19(5)6/h12,15,17H,8-11H2,1-7H3. The highest BCUT2D eigenvalue weighted by Gasteiger charge is 2.39. The molecule has 0 spiro atoms. The van der Waals surface area contributed by atoms with Crippen molar-refractivity contribution in [3.05, 3.63) is 11.9 Å². The van der Waals surface area contributed by atoms with E-state index in [0.717, 1.165) is 37.4 Å². The first-order chi connectivity index (χ1) is 9.96. The highest BCUT2D eigenvalue weighted by Crippen LogP contribution is 2.37. The number of nitrogens with zero attached hydrogens (tertiary/aromatic N) is 3. The van der Waals surface area contributed by atoms with E-state index >= 15 is 0 Å². The minimum Gasteiger partial charge on any atom is -0.493 e. The van der Waals surface area contributed by atoms with Crippen LogP contribution < -0.4 is 10.1 Å². The monoisotopic (exact) mass is 296 g/mol. The molecule has 0 aliphatic carbocycles. The maximum Gasteiger partial charge on any atom is 0.161 e. The third kappa shape index (κ3) is 3.58. The summed E-state index contributed by atoms with van der Waals surface area (Å²) in [5.74, 6) is 0.871. The van der Waals surface area contributed by atoms with Crippen molar-refractivity contribution in [2.75, 3.05) is 27.7 Å². The summed E-state index contributed by atoms with van der Waals surface area (Å²) in [5.41, 5.74) is 1.15. The van der Waals surface area contributed by atoms with E-state index in [1.165, 1.54) is 0 Å². The highest BCUT2D eigenvalue weighted by atomic mass is 16.5. The molecule has 0 fully saturated rings. The molecule has 0 aliphatic heterocycles. The topological polar surface area (TPSA) is 42.3 Å². The van der Waals surface area contributed by atoms with Crippen LogP contribution in [0.5, 0.6) is 5.75 Å². The van der Waals surface area contributed by atoms with Crippen molar-refractivity contribution in [3.63, 3.8) is 0 Å². The van der Waals surface area contributed by atoms with Gasteiger partial charge in [0.1, 0.15) is 0 Å². The SMILES string of the molecule is CCCn1ncc(OC)c1C(NCC)C(C)(CC)N(C)C. The van der Waals surface area contributed by atoms with Crippen LogP contribution in [0.1, 0.15) is 52.3 Å². The third-order valence-corrected chi connectivity index (χ3v) is 4.54. The van der Waals surface area contributed by atoms with Crippen molar-refractivity contribution in [2.24, 2.45) is 0 Å². The van der Waals surface area contributed by atoms with Gasteiger partial charge in [-0.05, 0) is 40.4 Å². The van der Waals surface area contributed by atoms with Gasteiger partial charge >= 0.3 is 0 Å². The van der Waals surface area contributed by atoms with Gasteiger partial charge in [0.2, 0.25) is 0 Å². The van der Waals surface area contributed by atoms with Crippen molar-refractivity contribution >= 4 is 0 Å². The Labute approximate surface area is 129 Å².